The molecule has 0 nitrogen and oxygen atoms in total. The molecule has 2 atom stereocenters. The van der Waals surface area contributed by atoms with Gasteiger partial charge in [-0.25, -0.2) is 0 Å². The van der Waals surface area contributed by atoms with Crippen molar-refractivity contribution in [2.45, 2.75) is 24.8 Å². The van der Waals surface area contributed by atoms with Gasteiger partial charge in [-0.15, -0.1) is 0 Å². The third-order valence-corrected chi connectivity index (χ3v) is 4.42. The molecular weight excluding hydrogens is 218 g/mol. The van der Waals surface area contributed by atoms with Crippen molar-refractivity contribution >= 4 is 19.4 Å². The van der Waals surface area contributed by atoms with Gasteiger partial charge in [0.15, 0.2) is 0 Å². The van der Waals surface area contributed by atoms with Crippen molar-refractivity contribution < 1.29 is 4.39 Å². The molecule has 0 radical (unpaired) electrons. The van der Waals surface area contributed by atoms with Gasteiger partial charge < -0.3 is 0 Å². The number of halogens is 1. The van der Waals surface area contributed by atoms with E-state index in [1.807, 2.05) is 25.1 Å². The fourth-order valence-electron chi connectivity index (χ4n) is 0.807. The molecule has 0 heterocycles. The monoisotopic (exact) mass is 232 g/mol. The molecule has 1 aromatic rings. The molecule has 0 aliphatic carbocycles. The van der Waals surface area contributed by atoms with E-state index in [4.69, 9.17) is 0 Å². The summed E-state index contributed by atoms with van der Waals surface area (Å²) >= 11 is 0.273. The number of hydrogen-bond donors (Lipinski definition) is 0. The number of rotatable bonds is 3. The average molecular weight is 231 g/mol. The molecule has 0 bridgehead atoms. The van der Waals surface area contributed by atoms with E-state index in [-0.39, 0.29) is 19.8 Å². The summed E-state index contributed by atoms with van der Waals surface area (Å²) in [6.07, 6.45) is -0.690. The predicted molar refractivity (Wildman–Crippen MR) is 51.8 cm³/mol. The first-order chi connectivity index (χ1) is 5.70. The maximum atomic E-state index is 12.8. The van der Waals surface area contributed by atoms with E-state index in [0.29, 0.717) is 0 Å². The molecule has 12 heavy (non-hydrogen) atoms. The molecule has 0 aliphatic rings. The average Bonchev–Trinajstić information content (AvgIpc) is 2.06. The van der Waals surface area contributed by atoms with Crippen LogP contribution in [0.5, 0.6) is 0 Å². The quantitative estimate of drug-likeness (QED) is 0.699. The second-order valence-electron chi connectivity index (χ2n) is 2.81. The van der Waals surface area contributed by atoms with E-state index in [9.17, 15) is 4.39 Å². The summed E-state index contributed by atoms with van der Waals surface area (Å²) in [6, 6.07) is 10.1. The summed E-state index contributed by atoms with van der Waals surface area (Å²) in [5, 5.41) is 0. The van der Waals surface area contributed by atoms with Crippen LogP contribution in [-0.4, -0.2) is 21.1 Å². The van der Waals surface area contributed by atoms with Crippen molar-refractivity contribution in [3.63, 3.8) is 0 Å². The van der Waals surface area contributed by atoms with Gasteiger partial charge in [0.05, 0.1) is 0 Å². The third-order valence-electron chi connectivity index (χ3n) is 1.71. The first-order valence-electron chi connectivity index (χ1n) is 4.06. The zero-order valence-electron chi connectivity index (χ0n) is 7.33. The Morgan fingerprint density at radius 3 is 2.25 bits per heavy atom. The molecule has 0 aromatic heterocycles. The number of alkyl halides is 1. The van der Waals surface area contributed by atoms with Gasteiger partial charge in [-0.3, -0.25) is 0 Å². The Morgan fingerprint density at radius 2 is 1.75 bits per heavy atom. The maximum absolute atomic E-state index is 12.8. The van der Waals surface area contributed by atoms with Gasteiger partial charge in [0, 0.05) is 0 Å². The van der Waals surface area contributed by atoms with Crippen molar-refractivity contribution in [2.75, 3.05) is 0 Å². The molecule has 0 N–H and O–H groups in total. The summed E-state index contributed by atoms with van der Waals surface area (Å²) in [4.78, 5) is 0.180. The van der Waals surface area contributed by atoms with Gasteiger partial charge >= 0.3 is 79.0 Å². The van der Waals surface area contributed by atoms with Gasteiger partial charge in [-0.05, 0) is 0 Å². The van der Waals surface area contributed by atoms with Crippen LogP contribution in [0, 0.1) is 0 Å². The Balaban J connectivity index is 2.53. The predicted octanol–water partition coefficient (Wildman–Crippen LogP) is 2.18. The normalized spacial score (nSPS) is 15.6. The van der Waals surface area contributed by atoms with E-state index in [1.54, 1.807) is 6.92 Å². The van der Waals surface area contributed by atoms with E-state index >= 15 is 0 Å². The first kappa shape index (κ1) is 9.76. The Hall–Kier alpha value is -0.331. The molecule has 2 heteroatoms. The van der Waals surface area contributed by atoms with Crippen LogP contribution >= 0.6 is 0 Å². The summed E-state index contributed by atoms with van der Waals surface area (Å²) in [6.45, 7) is 3.60. The van der Waals surface area contributed by atoms with Crippen LogP contribution in [0.2, 0.25) is 4.82 Å². The molecule has 1 aromatic carbocycles. The zero-order valence-corrected chi connectivity index (χ0v) is 9.04. The van der Waals surface area contributed by atoms with Crippen LogP contribution in [0.3, 0.4) is 0 Å². The standard InChI is InChI=1S/C10H13FSe/c1-8(11)9(2)12-10-6-4-3-5-7-10/h3-9H,1-2H3/t8-,9-/m1/s1. The molecular formula is C10H13FSe. The molecule has 0 spiro atoms. The molecule has 0 saturated carbocycles. The van der Waals surface area contributed by atoms with Crippen molar-refractivity contribution in [1.82, 2.24) is 0 Å². The van der Waals surface area contributed by atoms with Crippen LogP contribution in [0.25, 0.3) is 0 Å². The van der Waals surface area contributed by atoms with Gasteiger partial charge in [0.25, 0.3) is 0 Å². The third kappa shape index (κ3) is 2.96. The summed E-state index contributed by atoms with van der Waals surface area (Å²) in [5.74, 6) is 0. The summed E-state index contributed by atoms with van der Waals surface area (Å²) < 4.78 is 14.1. The second-order valence-corrected chi connectivity index (χ2v) is 5.86. The number of benzene rings is 1. The number of hydrogen-bond acceptors (Lipinski definition) is 0. The van der Waals surface area contributed by atoms with E-state index in [2.05, 4.69) is 12.1 Å². The molecule has 66 valence electrons. The van der Waals surface area contributed by atoms with Crippen molar-refractivity contribution in [3.05, 3.63) is 30.3 Å². The fraction of sp³-hybridized carbons (Fsp3) is 0.400. The second kappa shape index (κ2) is 4.64. The van der Waals surface area contributed by atoms with Crippen molar-refractivity contribution in [3.8, 4) is 0 Å². The minimum absolute atomic E-state index is 0.180. The van der Waals surface area contributed by atoms with Crippen molar-refractivity contribution in [2.24, 2.45) is 0 Å². The molecule has 1 rings (SSSR count). The molecule has 0 amide bonds. The molecule has 0 saturated heterocycles. The van der Waals surface area contributed by atoms with E-state index in [0.717, 1.165) is 0 Å². The summed E-state index contributed by atoms with van der Waals surface area (Å²) in [5.41, 5.74) is 0. The van der Waals surface area contributed by atoms with Crippen LogP contribution in [0.4, 0.5) is 4.39 Å². The topological polar surface area (TPSA) is 0 Å². The Kier molecular flexibility index (Phi) is 3.77. The van der Waals surface area contributed by atoms with Gasteiger partial charge in [0.1, 0.15) is 0 Å². The minimum atomic E-state index is -0.690. The van der Waals surface area contributed by atoms with Crippen molar-refractivity contribution in [1.29, 1.82) is 0 Å². The van der Waals surface area contributed by atoms with Crippen LogP contribution < -0.4 is 4.46 Å². The Bertz CT molecular complexity index is 221. The summed E-state index contributed by atoms with van der Waals surface area (Å²) in [7, 11) is 0. The first-order valence-corrected chi connectivity index (χ1v) is 5.90. The SMILES string of the molecule is C[C@@H](F)[C@@H](C)[Se]c1ccccc1. The van der Waals surface area contributed by atoms with E-state index < -0.39 is 6.17 Å². The van der Waals surface area contributed by atoms with Crippen LogP contribution in [0.1, 0.15) is 13.8 Å². The molecule has 0 aliphatic heterocycles. The molecule has 0 unspecified atom stereocenters. The molecule has 0 fully saturated rings. The Labute approximate surface area is 79.3 Å². The van der Waals surface area contributed by atoms with Gasteiger partial charge in [0.2, 0.25) is 0 Å². The van der Waals surface area contributed by atoms with Gasteiger partial charge in [-0.1, -0.05) is 0 Å². The fourth-order valence-corrected chi connectivity index (χ4v) is 2.76. The van der Waals surface area contributed by atoms with Crippen LogP contribution in [-0.2, 0) is 0 Å². The van der Waals surface area contributed by atoms with Crippen LogP contribution in [0.15, 0.2) is 30.3 Å². The van der Waals surface area contributed by atoms with E-state index in [1.165, 1.54) is 4.46 Å². The van der Waals surface area contributed by atoms with Gasteiger partial charge in [-0.2, -0.15) is 0 Å². The zero-order chi connectivity index (χ0) is 8.97. The Morgan fingerprint density at radius 1 is 1.17 bits per heavy atom.